The SMILES string of the molecule is Cc1cccc(S(=O)(=O)Nc2ccc(-c3nc(C(C)C)n4c(C5=CCC(NC6COC6)CC5)cnc(N)c34)cc2F)c1. The minimum absolute atomic E-state index is 0.0503. The molecule has 1 aliphatic carbocycles. The molecule has 1 atom stereocenters. The van der Waals surface area contributed by atoms with Crippen LogP contribution in [-0.4, -0.2) is 48.1 Å². The number of sulfonamides is 1. The molecule has 1 saturated heterocycles. The number of benzene rings is 2. The van der Waals surface area contributed by atoms with Crippen molar-refractivity contribution >= 4 is 32.6 Å². The van der Waals surface area contributed by atoms with Gasteiger partial charge in [0.15, 0.2) is 0 Å². The van der Waals surface area contributed by atoms with Crippen LogP contribution in [0.1, 0.15) is 56.1 Å². The molecule has 0 radical (unpaired) electrons. The molecule has 11 heteroatoms. The van der Waals surface area contributed by atoms with Crippen molar-refractivity contribution in [2.24, 2.45) is 0 Å². The molecule has 1 fully saturated rings. The number of ether oxygens (including phenoxy) is 1. The van der Waals surface area contributed by atoms with Crippen LogP contribution in [0.25, 0.3) is 22.3 Å². The zero-order chi connectivity index (χ0) is 29.6. The smallest absolute Gasteiger partial charge is 0.261 e. The van der Waals surface area contributed by atoms with E-state index in [1.165, 1.54) is 29.8 Å². The number of aryl methyl sites for hydroxylation is 1. The average Bonchev–Trinajstić information content (AvgIpc) is 3.35. The monoisotopic (exact) mass is 590 g/mol. The van der Waals surface area contributed by atoms with Gasteiger partial charge < -0.3 is 15.8 Å². The van der Waals surface area contributed by atoms with E-state index in [0.717, 1.165) is 49.6 Å². The summed E-state index contributed by atoms with van der Waals surface area (Å²) in [5.41, 5.74) is 10.8. The molecular weight excluding hydrogens is 555 g/mol. The Bertz CT molecular complexity index is 1800. The highest BCUT2D eigenvalue weighted by atomic mass is 32.2. The summed E-state index contributed by atoms with van der Waals surface area (Å²) in [5, 5.41) is 3.66. The highest BCUT2D eigenvalue weighted by molar-refractivity contribution is 7.92. The first kappa shape index (κ1) is 28.3. The van der Waals surface area contributed by atoms with E-state index < -0.39 is 15.8 Å². The molecule has 0 saturated carbocycles. The molecule has 4 aromatic rings. The van der Waals surface area contributed by atoms with Gasteiger partial charge in [-0.05, 0) is 61.6 Å². The summed E-state index contributed by atoms with van der Waals surface area (Å²) >= 11 is 0. The lowest BCUT2D eigenvalue weighted by Crippen LogP contribution is -2.50. The van der Waals surface area contributed by atoms with Crippen molar-refractivity contribution in [3.8, 4) is 11.3 Å². The lowest BCUT2D eigenvalue weighted by Gasteiger charge is -2.33. The van der Waals surface area contributed by atoms with Crippen molar-refractivity contribution in [1.82, 2.24) is 19.7 Å². The third kappa shape index (κ3) is 5.39. The van der Waals surface area contributed by atoms with E-state index in [1.807, 2.05) is 4.40 Å². The summed E-state index contributed by atoms with van der Waals surface area (Å²) in [6.07, 6.45) is 6.83. The highest BCUT2D eigenvalue weighted by Gasteiger charge is 2.27. The number of hydrogen-bond donors (Lipinski definition) is 3. The predicted octanol–water partition coefficient (Wildman–Crippen LogP) is 5.27. The maximum atomic E-state index is 15.4. The topological polar surface area (TPSA) is 124 Å². The normalized spacial score (nSPS) is 17.8. The maximum Gasteiger partial charge on any atom is 0.261 e. The van der Waals surface area contributed by atoms with Crippen molar-refractivity contribution < 1.29 is 17.5 Å². The highest BCUT2D eigenvalue weighted by Crippen LogP contribution is 2.36. The van der Waals surface area contributed by atoms with Crippen molar-refractivity contribution in [3.05, 3.63) is 77.6 Å². The van der Waals surface area contributed by atoms with E-state index in [-0.39, 0.29) is 16.5 Å². The van der Waals surface area contributed by atoms with E-state index in [2.05, 4.69) is 34.9 Å². The second-order valence-electron chi connectivity index (χ2n) is 11.4. The number of fused-ring (bicyclic) bond motifs is 1. The van der Waals surface area contributed by atoms with Gasteiger partial charge in [0, 0.05) is 17.5 Å². The molecule has 0 bridgehead atoms. The second-order valence-corrected chi connectivity index (χ2v) is 13.1. The molecule has 2 aromatic carbocycles. The molecule has 42 heavy (non-hydrogen) atoms. The fourth-order valence-electron chi connectivity index (χ4n) is 5.60. The van der Waals surface area contributed by atoms with E-state index >= 15 is 4.39 Å². The number of aromatic nitrogens is 3. The van der Waals surface area contributed by atoms with E-state index in [9.17, 15) is 8.42 Å². The van der Waals surface area contributed by atoms with Crippen LogP contribution in [-0.2, 0) is 14.8 Å². The molecule has 0 amide bonds. The molecule has 0 spiro atoms. The van der Waals surface area contributed by atoms with Gasteiger partial charge in [-0.3, -0.25) is 9.12 Å². The summed E-state index contributed by atoms with van der Waals surface area (Å²) in [4.78, 5) is 9.52. The Labute approximate surface area is 245 Å². The van der Waals surface area contributed by atoms with Crippen molar-refractivity contribution in [1.29, 1.82) is 0 Å². The molecule has 6 rings (SSSR count). The Morgan fingerprint density at radius 3 is 2.60 bits per heavy atom. The number of nitrogen functional groups attached to an aromatic ring is 1. The average molecular weight is 591 g/mol. The Kier molecular flexibility index (Phi) is 7.50. The van der Waals surface area contributed by atoms with Crippen LogP contribution >= 0.6 is 0 Å². The molecule has 4 N–H and O–H groups in total. The molecule has 1 aliphatic heterocycles. The van der Waals surface area contributed by atoms with Crippen molar-refractivity contribution in [2.45, 2.75) is 62.9 Å². The number of nitrogens with two attached hydrogens (primary N) is 1. The van der Waals surface area contributed by atoms with Gasteiger partial charge in [0.25, 0.3) is 10.0 Å². The fraction of sp³-hybridized carbons (Fsp3) is 0.355. The zero-order valence-electron chi connectivity index (χ0n) is 23.9. The number of hydrogen-bond acceptors (Lipinski definition) is 7. The molecule has 220 valence electrons. The lowest BCUT2D eigenvalue weighted by atomic mass is 9.92. The Morgan fingerprint density at radius 1 is 1.14 bits per heavy atom. The third-order valence-corrected chi connectivity index (χ3v) is 9.23. The quantitative estimate of drug-likeness (QED) is 0.255. The van der Waals surface area contributed by atoms with Crippen LogP contribution in [0.3, 0.4) is 0 Å². The summed E-state index contributed by atoms with van der Waals surface area (Å²) < 4.78 is 50.9. The van der Waals surface area contributed by atoms with Gasteiger partial charge >= 0.3 is 0 Å². The number of allylic oxidation sites excluding steroid dienone is 1. The first-order chi connectivity index (χ1) is 20.1. The molecule has 3 heterocycles. The van der Waals surface area contributed by atoms with Crippen molar-refractivity contribution in [2.75, 3.05) is 23.7 Å². The van der Waals surface area contributed by atoms with Crippen LogP contribution < -0.4 is 15.8 Å². The minimum Gasteiger partial charge on any atom is -0.382 e. The lowest BCUT2D eigenvalue weighted by molar-refractivity contribution is -0.0103. The maximum absolute atomic E-state index is 15.4. The molecule has 2 aliphatic rings. The van der Waals surface area contributed by atoms with Crippen LogP contribution in [0.4, 0.5) is 15.9 Å². The van der Waals surface area contributed by atoms with Gasteiger partial charge in [-0.2, -0.15) is 0 Å². The van der Waals surface area contributed by atoms with Crippen LogP contribution in [0.5, 0.6) is 0 Å². The number of anilines is 2. The summed E-state index contributed by atoms with van der Waals surface area (Å²) in [5.74, 6) is 0.415. The number of halogens is 1. The van der Waals surface area contributed by atoms with Gasteiger partial charge in [-0.15, -0.1) is 0 Å². The van der Waals surface area contributed by atoms with Gasteiger partial charge in [0.05, 0.1) is 41.7 Å². The standard InChI is InChI=1S/C31H35FN6O3S/c1-18(2)31-36-28(21-9-12-26(25(32)14-21)37-42(39,40)24-6-4-5-19(3)13-24)29-30(33)34-15-27(38(29)31)20-7-10-22(11-8-20)35-23-16-41-17-23/h4-7,9,12-15,18,22-23,35,37H,8,10-11,16-17H2,1-3H3,(H2,33,34). The molecule has 1 unspecified atom stereocenters. The first-order valence-corrected chi connectivity index (χ1v) is 15.7. The molecule has 2 aromatic heterocycles. The summed E-state index contributed by atoms with van der Waals surface area (Å²) in [6, 6.07) is 11.6. The number of rotatable bonds is 8. The van der Waals surface area contributed by atoms with E-state index in [0.29, 0.717) is 34.7 Å². The zero-order valence-corrected chi connectivity index (χ0v) is 24.7. The van der Waals surface area contributed by atoms with Gasteiger partial charge in [0.1, 0.15) is 28.7 Å². The van der Waals surface area contributed by atoms with Crippen LogP contribution in [0.2, 0.25) is 0 Å². The molecule has 9 nitrogen and oxygen atoms in total. The Morgan fingerprint density at radius 2 is 1.95 bits per heavy atom. The van der Waals surface area contributed by atoms with Crippen molar-refractivity contribution in [3.63, 3.8) is 0 Å². The Balaban J connectivity index is 1.35. The largest absolute Gasteiger partial charge is 0.382 e. The second kappa shape index (κ2) is 11.1. The van der Waals surface area contributed by atoms with Crippen LogP contribution in [0, 0.1) is 12.7 Å². The predicted molar refractivity (Wildman–Crippen MR) is 162 cm³/mol. The third-order valence-electron chi connectivity index (χ3n) is 7.87. The van der Waals surface area contributed by atoms with E-state index in [1.54, 1.807) is 31.3 Å². The van der Waals surface area contributed by atoms with E-state index in [4.69, 9.17) is 15.5 Å². The Hall–Kier alpha value is -3.80. The van der Waals surface area contributed by atoms with Crippen LogP contribution in [0.15, 0.2) is 59.6 Å². The summed E-state index contributed by atoms with van der Waals surface area (Å²) in [6.45, 7) is 7.44. The van der Waals surface area contributed by atoms with Gasteiger partial charge in [0.2, 0.25) is 0 Å². The number of nitrogens with one attached hydrogen (secondary N) is 2. The summed E-state index contributed by atoms with van der Waals surface area (Å²) in [7, 11) is -3.97. The minimum atomic E-state index is -3.97. The number of nitrogens with zero attached hydrogens (tertiary/aromatic N) is 3. The fourth-order valence-corrected chi connectivity index (χ4v) is 6.77. The first-order valence-electron chi connectivity index (χ1n) is 14.2. The van der Waals surface area contributed by atoms with Gasteiger partial charge in [-0.25, -0.2) is 22.8 Å². The molecular formula is C31H35FN6O3S. The van der Waals surface area contributed by atoms with Gasteiger partial charge in [-0.1, -0.05) is 38.1 Å². The number of imidazole rings is 1.